The molecule has 0 spiro atoms. The molecule has 19 heavy (non-hydrogen) atoms. The van der Waals surface area contributed by atoms with Gasteiger partial charge in [0.1, 0.15) is 0 Å². The summed E-state index contributed by atoms with van der Waals surface area (Å²) in [6.45, 7) is 16.3. The Morgan fingerprint density at radius 1 is 1.16 bits per heavy atom. The lowest BCUT2D eigenvalue weighted by atomic mass is 9.57. The zero-order valence-electron chi connectivity index (χ0n) is 13.5. The molecule has 0 amide bonds. The van der Waals surface area contributed by atoms with Crippen LogP contribution < -0.4 is 0 Å². The van der Waals surface area contributed by atoms with Gasteiger partial charge in [0.2, 0.25) is 0 Å². The van der Waals surface area contributed by atoms with Crippen molar-refractivity contribution in [1.29, 1.82) is 0 Å². The summed E-state index contributed by atoms with van der Waals surface area (Å²) < 4.78 is 0. The average molecular weight is 260 g/mol. The standard InChI is InChI=1S/C18H28O/c1-11-9-17(4,5)16-13(3)12(2)14(10-19)8-15(16)18(11,6)7/h8,11,19H,9-10H2,1-7H3. The molecule has 106 valence electrons. The minimum atomic E-state index is 0.144. The molecule has 1 aliphatic carbocycles. The Labute approximate surface area is 118 Å². The lowest BCUT2D eigenvalue weighted by Crippen LogP contribution is -2.41. The second-order valence-corrected chi connectivity index (χ2v) is 7.58. The number of fused-ring (bicyclic) bond motifs is 1. The van der Waals surface area contributed by atoms with Gasteiger partial charge in [0.25, 0.3) is 0 Å². The van der Waals surface area contributed by atoms with E-state index in [9.17, 15) is 5.11 Å². The Bertz CT molecular complexity index is 509. The minimum Gasteiger partial charge on any atom is -0.392 e. The molecule has 1 heteroatoms. The van der Waals surface area contributed by atoms with E-state index in [1.165, 1.54) is 28.7 Å². The molecule has 0 bridgehead atoms. The van der Waals surface area contributed by atoms with Gasteiger partial charge in [-0.15, -0.1) is 0 Å². The van der Waals surface area contributed by atoms with E-state index in [1.807, 2.05) is 0 Å². The van der Waals surface area contributed by atoms with Crippen LogP contribution in [0, 0.1) is 19.8 Å². The van der Waals surface area contributed by atoms with Crippen molar-refractivity contribution in [3.63, 3.8) is 0 Å². The first-order valence-corrected chi connectivity index (χ1v) is 7.37. The van der Waals surface area contributed by atoms with Gasteiger partial charge in [0, 0.05) is 0 Å². The molecule has 0 saturated heterocycles. The number of aliphatic hydroxyl groups is 1. The Balaban J connectivity index is 2.82. The van der Waals surface area contributed by atoms with Gasteiger partial charge in [-0.1, -0.05) is 40.7 Å². The highest BCUT2D eigenvalue weighted by Gasteiger charge is 2.43. The van der Waals surface area contributed by atoms with E-state index in [-0.39, 0.29) is 17.4 Å². The summed E-state index contributed by atoms with van der Waals surface area (Å²) in [6, 6.07) is 2.26. The van der Waals surface area contributed by atoms with Crippen molar-refractivity contribution in [2.45, 2.75) is 72.3 Å². The van der Waals surface area contributed by atoms with Crippen LogP contribution in [0.25, 0.3) is 0 Å². The third-order valence-electron chi connectivity index (χ3n) is 5.60. The van der Waals surface area contributed by atoms with Gasteiger partial charge in [0.15, 0.2) is 0 Å². The average Bonchev–Trinajstić information content (AvgIpc) is 2.29. The molecule has 1 nitrogen and oxygen atoms in total. The maximum Gasteiger partial charge on any atom is 0.0684 e. The lowest BCUT2D eigenvalue weighted by Gasteiger charge is -2.48. The summed E-state index contributed by atoms with van der Waals surface area (Å²) in [5.41, 5.74) is 7.12. The van der Waals surface area contributed by atoms with Crippen molar-refractivity contribution >= 4 is 0 Å². The molecular weight excluding hydrogens is 232 g/mol. The zero-order valence-corrected chi connectivity index (χ0v) is 13.5. The molecule has 1 aromatic rings. The SMILES string of the molecule is Cc1c(CO)cc2c(c1C)C(C)(C)CC(C)C2(C)C. The molecule has 0 saturated carbocycles. The Morgan fingerprint density at radius 3 is 2.26 bits per heavy atom. The molecule has 1 aliphatic rings. The van der Waals surface area contributed by atoms with Crippen LogP contribution in [0.1, 0.15) is 68.9 Å². The third-order valence-corrected chi connectivity index (χ3v) is 5.60. The summed E-state index contributed by atoms with van der Waals surface area (Å²) in [4.78, 5) is 0. The quantitative estimate of drug-likeness (QED) is 0.794. The highest BCUT2D eigenvalue weighted by molar-refractivity contribution is 5.52. The van der Waals surface area contributed by atoms with Gasteiger partial charge in [-0.05, 0) is 64.8 Å². The van der Waals surface area contributed by atoms with Crippen molar-refractivity contribution in [3.8, 4) is 0 Å². The first kappa shape index (κ1) is 14.6. The number of aliphatic hydroxyl groups excluding tert-OH is 1. The molecule has 1 aromatic carbocycles. The van der Waals surface area contributed by atoms with Crippen LogP contribution in [-0.4, -0.2) is 5.11 Å². The molecule has 0 heterocycles. The van der Waals surface area contributed by atoms with E-state index in [0.29, 0.717) is 5.92 Å². The maximum atomic E-state index is 9.61. The van der Waals surface area contributed by atoms with Crippen molar-refractivity contribution < 1.29 is 5.11 Å². The summed E-state index contributed by atoms with van der Waals surface area (Å²) in [7, 11) is 0. The monoisotopic (exact) mass is 260 g/mol. The summed E-state index contributed by atoms with van der Waals surface area (Å²) >= 11 is 0. The van der Waals surface area contributed by atoms with Gasteiger partial charge < -0.3 is 5.11 Å². The van der Waals surface area contributed by atoms with E-state index in [0.717, 1.165) is 5.56 Å². The number of hydrogen-bond donors (Lipinski definition) is 1. The van der Waals surface area contributed by atoms with Crippen molar-refractivity contribution in [2.24, 2.45) is 5.92 Å². The maximum absolute atomic E-state index is 9.61. The van der Waals surface area contributed by atoms with Crippen LogP contribution in [0.2, 0.25) is 0 Å². The van der Waals surface area contributed by atoms with E-state index in [4.69, 9.17) is 0 Å². The summed E-state index contributed by atoms with van der Waals surface area (Å²) in [6.07, 6.45) is 1.23. The van der Waals surface area contributed by atoms with Gasteiger partial charge >= 0.3 is 0 Å². The predicted molar refractivity (Wildman–Crippen MR) is 81.7 cm³/mol. The molecular formula is C18H28O. The van der Waals surface area contributed by atoms with Crippen LogP contribution in [0.15, 0.2) is 6.07 Å². The smallest absolute Gasteiger partial charge is 0.0684 e. The highest BCUT2D eigenvalue weighted by Crippen LogP contribution is 2.50. The normalized spacial score (nSPS) is 24.1. The van der Waals surface area contributed by atoms with Crippen molar-refractivity contribution in [2.75, 3.05) is 0 Å². The van der Waals surface area contributed by atoms with Crippen LogP contribution >= 0.6 is 0 Å². The summed E-state index contributed by atoms with van der Waals surface area (Å²) in [5.74, 6) is 0.656. The van der Waals surface area contributed by atoms with Gasteiger partial charge in [0.05, 0.1) is 6.61 Å². The fraction of sp³-hybridized carbons (Fsp3) is 0.667. The molecule has 0 radical (unpaired) electrons. The lowest BCUT2D eigenvalue weighted by molar-refractivity contribution is 0.230. The molecule has 0 aliphatic heterocycles. The number of benzene rings is 1. The number of hydrogen-bond acceptors (Lipinski definition) is 1. The predicted octanol–water partition coefficient (Wildman–Crippen LogP) is 4.39. The van der Waals surface area contributed by atoms with Crippen molar-refractivity contribution in [3.05, 3.63) is 33.9 Å². The Kier molecular flexibility index (Phi) is 3.33. The first-order chi connectivity index (χ1) is 8.63. The van der Waals surface area contributed by atoms with E-state index >= 15 is 0 Å². The Hall–Kier alpha value is -0.820. The van der Waals surface area contributed by atoms with Crippen molar-refractivity contribution in [1.82, 2.24) is 0 Å². The zero-order chi connectivity index (χ0) is 14.6. The molecule has 0 aromatic heterocycles. The minimum absolute atomic E-state index is 0.144. The van der Waals surface area contributed by atoms with E-state index in [2.05, 4.69) is 54.5 Å². The topological polar surface area (TPSA) is 20.2 Å². The van der Waals surface area contributed by atoms with Crippen LogP contribution in [0.5, 0.6) is 0 Å². The Morgan fingerprint density at radius 2 is 1.74 bits per heavy atom. The van der Waals surface area contributed by atoms with E-state index in [1.54, 1.807) is 0 Å². The first-order valence-electron chi connectivity index (χ1n) is 7.37. The van der Waals surface area contributed by atoms with Crippen LogP contribution in [-0.2, 0) is 17.4 Å². The largest absolute Gasteiger partial charge is 0.392 e. The third kappa shape index (κ3) is 2.03. The molecule has 1 unspecified atom stereocenters. The fourth-order valence-corrected chi connectivity index (χ4v) is 3.92. The van der Waals surface area contributed by atoms with Crippen LogP contribution in [0.4, 0.5) is 0 Å². The van der Waals surface area contributed by atoms with Crippen LogP contribution in [0.3, 0.4) is 0 Å². The van der Waals surface area contributed by atoms with Gasteiger partial charge in [-0.25, -0.2) is 0 Å². The van der Waals surface area contributed by atoms with E-state index < -0.39 is 0 Å². The second-order valence-electron chi connectivity index (χ2n) is 7.58. The number of rotatable bonds is 1. The molecule has 0 fully saturated rings. The molecule has 1 N–H and O–H groups in total. The highest BCUT2D eigenvalue weighted by atomic mass is 16.3. The molecule has 1 atom stereocenters. The van der Waals surface area contributed by atoms with Gasteiger partial charge in [-0.2, -0.15) is 0 Å². The second kappa shape index (κ2) is 4.34. The molecule has 2 rings (SSSR count). The summed E-state index contributed by atoms with van der Waals surface area (Å²) in [5, 5.41) is 9.61. The fourth-order valence-electron chi connectivity index (χ4n) is 3.92. The van der Waals surface area contributed by atoms with Gasteiger partial charge in [-0.3, -0.25) is 0 Å².